The van der Waals surface area contributed by atoms with Crippen LogP contribution in [0.5, 0.6) is 23.0 Å². The van der Waals surface area contributed by atoms with Gasteiger partial charge >= 0.3 is 5.69 Å². The first-order valence-electron chi connectivity index (χ1n) is 13.9. The van der Waals surface area contributed by atoms with Crippen LogP contribution in [-0.2, 0) is 28.9 Å². The maximum Gasteiger partial charge on any atom is 0.328 e. The van der Waals surface area contributed by atoms with Crippen molar-refractivity contribution in [3.63, 3.8) is 0 Å². The third-order valence-corrected chi connectivity index (χ3v) is 8.14. The van der Waals surface area contributed by atoms with Crippen molar-refractivity contribution in [2.24, 2.45) is 14.1 Å². The lowest BCUT2D eigenvalue weighted by Crippen LogP contribution is -2.19. The van der Waals surface area contributed by atoms with E-state index in [1.54, 1.807) is 56.1 Å². The van der Waals surface area contributed by atoms with Gasteiger partial charge in [0.05, 0.1) is 36.3 Å². The summed E-state index contributed by atoms with van der Waals surface area (Å²) in [5.41, 5.74) is 0.977. The Balaban J connectivity index is 1.76. The molecule has 228 valence electrons. The Labute approximate surface area is 245 Å². The Bertz CT molecular complexity index is 1690. The molecule has 0 aliphatic carbocycles. The van der Waals surface area contributed by atoms with Gasteiger partial charge in [-0.05, 0) is 25.8 Å². The molecule has 0 bridgehead atoms. The van der Waals surface area contributed by atoms with Gasteiger partial charge in [0, 0.05) is 70.7 Å². The molecule has 4 rings (SSSR count). The first-order valence-corrected chi connectivity index (χ1v) is 15.4. The van der Waals surface area contributed by atoms with Gasteiger partial charge < -0.3 is 23.5 Å². The quantitative estimate of drug-likeness (QED) is 0.192. The molecule has 2 heterocycles. The lowest BCUT2D eigenvalue weighted by molar-refractivity contribution is 0.172. The number of anilines is 1. The summed E-state index contributed by atoms with van der Waals surface area (Å²) in [6.07, 6.45) is 5.32. The minimum atomic E-state index is -4.10. The molecule has 1 unspecified atom stereocenters. The number of hydrogen-bond acceptors (Lipinski definition) is 8. The third-order valence-electron chi connectivity index (χ3n) is 6.89. The number of benzene rings is 2. The van der Waals surface area contributed by atoms with Crippen molar-refractivity contribution in [3.05, 3.63) is 53.3 Å². The fraction of sp³-hybridized carbons (Fsp3) is 0.448. The Morgan fingerprint density at radius 2 is 1.57 bits per heavy atom. The number of imidazole rings is 2. The van der Waals surface area contributed by atoms with Crippen LogP contribution in [0.15, 0.2) is 52.7 Å². The minimum absolute atomic E-state index is 0.0867. The van der Waals surface area contributed by atoms with Crippen LogP contribution in [-0.4, -0.2) is 54.0 Å². The molecule has 42 heavy (non-hydrogen) atoms. The summed E-state index contributed by atoms with van der Waals surface area (Å²) >= 11 is 0. The van der Waals surface area contributed by atoms with Gasteiger partial charge in [-0.1, -0.05) is 13.8 Å². The van der Waals surface area contributed by atoms with E-state index < -0.39 is 10.0 Å². The Kier molecular flexibility index (Phi) is 9.84. The van der Waals surface area contributed by atoms with Crippen molar-refractivity contribution in [1.29, 1.82) is 0 Å². The van der Waals surface area contributed by atoms with Crippen LogP contribution in [0.2, 0.25) is 0 Å². The highest BCUT2D eigenvalue weighted by Gasteiger charge is 2.23. The summed E-state index contributed by atoms with van der Waals surface area (Å²) in [7, 11) is 0.803. The Hall–Kier alpha value is -3.97. The van der Waals surface area contributed by atoms with Gasteiger partial charge in [0.15, 0.2) is 10.8 Å². The number of sulfonamides is 1. The SMILES string of the molecule is CCCOc1cc(OCCCOC)cc(Oc2cc3c(cc2NS(=O)(=O)c2cn(C(C)CC)cn2)n(C)c(=O)n3C)c1. The molecule has 0 saturated carbocycles. The molecule has 2 aromatic heterocycles. The monoisotopic (exact) mass is 601 g/mol. The maximum absolute atomic E-state index is 13.5. The molecule has 0 radical (unpaired) electrons. The fourth-order valence-corrected chi connectivity index (χ4v) is 5.31. The van der Waals surface area contributed by atoms with Crippen LogP contribution >= 0.6 is 0 Å². The van der Waals surface area contributed by atoms with E-state index in [1.807, 2.05) is 20.8 Å². The van der Waals surface area contributed by atoms with Crippen molar-refractivity contribution in [1.82, 2.24) is 18.7 Å². The van der Waals surface area contributed by atoms with Gasteiger partial charge in [-0.2, -0.15) is 8.42 Å². The van der Waals surface area contributed by atoms with E-state index in [1.165, 1.54) is 21.7 Å². The van der Waals surface area contributed by atoms with Crippen LogP contribution in [0.3, 0.4) is 0 Å². The lowest BCUT2D eigenvalue weighted by Gasteiger charge is -2.16. The van der Waals surface area contributed by atoms with Crippen molar-refractivity contribution in [3.8, 4) is 23.0 Å². The van der Waals surface area contributed by atoms with Gasteiger partial charge in [-0.25, -0.2) is 9.78 Å². The van der Waals surface area contributed by atoms with Crippen molar-refractivity contribution in [2.45, 2.75) is 51.1 Å². The smallest absolute Gasteiger partial charge is 0.328 e. The highest BCUT2D eigenvalue weighted by molar-refractivity contribution is 7.92. The zero-order valence-electron chi connectivity index (χ0n) is 24.9. The van der Waals surface area contributed by atoms with Crippen LogP contribution < -0.4 is 24.6 Å². The summed E-state index contributed by atoms with van der Waals surface area (Å²) in [4.78, 5) is 16.8. The molecule has 0 aliphatic heterocycles. The van der Waals surface area contributed by atoms with Crippen LogP contribution in [0, 0.1) is 0 Å². The molecule has 0 spiro atoms. The normalized spacial score (nSPS) is 12.4. The standard InChI is InChI=1S/C29H39N5O7S/c1-7-10-39-21-13-22(40-12-9-11-38-6)15-23(14-21)41-27-17-26-25(32(4)29(35)33(26)5)16-24(27)31-42(36,37)28-18-34(19-30-28)20(3)8-2/h13-20,31H,7-12H2,1-6H3. The molecule has 13 heteroatoms. The number of ether oxygens (including phenoxy) is 4. The predicted molar refractivity (Wildman–Crippen MR) is 160 cm³/mol. The van der Waals surface area contributed by atoms with Gasteiger partial charge in [0.25, 0.3) is 10.0 Å². The summed E-state index contributed by atoms with van der Waals surface area (Å²) in [5.74, 6) is 1.63. The zero-order chi connectivity index (χ0) is 30.4. The molecule has 1 N–H and O–H groups in total. The van der Waals surface area contributed by atoms with Gasteiger partial charge in [0.1, 0.15) is 17.2 Å². The Morgan fingerprint density at radius 3 is 2.21 bits per heavy atom. The third kappa shape index (κ3) is 6.90. The van der Waals surface area contributed by atoms with Crippen LogP contribution in [0.1, 0.15) is 46.1 Å². The lowest BCUT2D eigenvalue weighted by atomic mass is 10.2. The molecule has 1 atom stereocenters. The van der Waals surface area contributed by atoms with Crippen molar-refractivity contribution >= 4 is 26.7 Å². The fourth-order valence-electron chi connectivity index (χ4n) is 4.31. The highest BCUT2D eigenvalue weighted by atomic mass is 32.2. The van der Waals surface area contributed by atoms with E-state index in [4.69, 9.17) is 18.9 Å². The predicted octanol–water partition coefficient (Wildman–Crippen LogP) is 4.84. The minimum Gasteiger partial charge on any atom is -0.493 e. The number of rotatable bonds is 15. The second-order valence-corrected chi connectivity index (χ2v) is 11.7. The summed E-state index contributed by atoms with van der Waals surface area (Å²) < 4.78 is 57.4. The molecule has 2 aromatic carbocycles. The number of nitrogens with one attached hydrogen (secondary N) is 1. The first kappa shape index (κ1) is 31.0. The van der Waals surface area contributed by atoms with E-state index in [9.17, 15) is 13.2 Å². The second-order valence-electron chi connectivity index (χ2n) is 10.0. The zero-order valence-corrected chi connectivity index (χ0v) is 25.7. The number of fused-ring (bicyclic) bond motifs is 1. The number of aryl methyl sites for hydroxylation is 2. The van der Waals surface area contributed by atoms with E-state index in [2.05, 4.69) is 9.71 Å². The second kappa shape index (κ2) is 13.3. The van der Waals surface area contributed by atoms with Crippen LogP contribution in [0.4, 0.5) is 5.69 Å². The Morgan fingerprint density at radius 1 is 0.929 bits per heavy atom. The largest absolute Gasteiger partial charge is 0.493 e. The average molecular weight is 602 g/mol. The van der Waals surface area contributed by atoms with E-state index in [0.29, 0.717) is 54.5 Å². The van der Waals surface area contributed by atoms with Crippen LogP contribution in [0.25, 0.3) is 11.0 Å². The molecule has 0 amide bonds. The summed E-state index contributed by atoms with van der Waals surface area (Å²) in [5, 5.41) is -0.127. The number of nitrogens with zero attached hydrogens (tertiary/aromatic N) is 4. The molecule has 4 aromatic rings. The average Bonchev–Trinajstić information content (AvgIpc) is 3.55. The molecular formula is C29H39N5O7S. The first-order chi connectivity index (χ1) is 20.1. The molecule has 0 fully saturated rings. The number of hydrogen-bond donors (Lipinski definition) is 1. The van der Waals surface area contributed by atoms with Gasteiger partial charge in [-0.3, -0.25) is 13.9 Å². The van der Waals surface area contributed by atoms with Crippen molar-refractivity contribution in [2.75, 3.05) is 31.7 Å². The van der Waals surface area contributed by atoms with Crippen molar-refractivity contribution < 1.29 is 27.4 Å². The molecule has 0 saturated heterocycles. The number of methoxy groups -OCH3 is 1. The maximum atomic E-state index is 13.5. The summed E-state index contributed by atoms with van der Waals surface area (Å²) in [6, 6.07) is 8.48. The number of aromatic nitrogens is 4. The topological polar surface area (TPSA) is 128 Å². The van der Waals surface area contributed by atoms with Gasteiger partial charge in [0.2, 0.25) is 0 Å². The molecular weight excluding hydrogens is 562 g/mol. The molecule has 12 nitrogen and oxygen atoms in total. The van der Waals surface area contributed by atoms with E-state index >= 15 is 0 Å². The summed E-state index contributed by atoms with van der Waals surface area (Å²) in [6.45, 7) is 7.49. The van der Waals surface area contributed by atoms with E-state index in [0.717, 1.165) is 12.8 Å². The van der Waals surface area contributed by atoms with E-state index in [-0.39, 0.29) is 28.2 Å². The van der Waals surface area contributed by atoms with Gasteiger partial charge in [-0.15, -0.1) is 0 Å². The molecule has 0 aliphatic rings. The highest BCUT2D eigenvalue weighted by Crippen LogP contribution is 2.37.